The molecule has 0 unspecified atom stereocenters. The highest BCUT2D eigenvalue weighted by atomic mass is 32.2. The lowest BCUT2D eigenvalue weighted by Crippen LogP contribution is -2.27. The molecule has 0 spiro atoms. The maximum Gasteiger partial charge on any atom is 0.354 e. The maximum absolute atomic E-state index is 11.4. The first-order valence-corrected chi connectivity index (χ1v) is 6.87. The largest absolute Gasteiger partial charge is 0.477 e. The van der Waals surface area contributed by atoms with Crippen LogP contribution in [-0.4, -0.2) is 33.8 Å². The molecule has 2 N–H and O–H groups in total. The molecule has 5 nitrogen and oxygen atoms in total. The van der Waals surface area contributed by atoms with E-state index in [1.165, 1.54) is 17.8 Å². The molecule has 1 aromatic heterocycles. The first-order chi connectivity index (χ1) is 8.65. The van der Waals surface area contributed by atoms with Crippen LogP contribution in [0.3, 0.4) is 0 Å². The molecular weight excluding hydrogens is 252 g/mol. The normalized spacial score (nSPS) is 14.2. The molecule has 1 heterocycles. The van der Waals surface area contributed by atoms with Crippen LogP contribution in [0.25, 0.3) is 0 Å². The summed E-state index contributed by atoms with van der Waals surface area (Å²) in [7, 11) is 0. The molecule has 1 saturated carbocycles. The van der Waals surface area contributed by atoms with Crippen LogP contribution in [0.2, 0.25) is 0 Å². The van der Waals surface area contributed by atoms with E-state index in [4.69, 9.17) is 5.11 Å². The van der Waals surface area contributed by atoms with Crippen molar-refractivity contribution in [2.45, 2.75) is 24.6 Å². The highest BCUT2D eigenvalue weighted by molar-refractivity contribution is 7.99. The molecule has 18 heavy (non-hydrogen) atoms. The predicted octanol–water partition coefficient (Wildman–Crippen LogP) is 1.29. The Balaban J connectivity index is 1.76. The Kier molecular flexibility index (Phi) is 4.19. The summed E-state index contributed by atoms with van der Waals surface area (Å²) in [5.41, 5.74) is 0.717. The first-order valence-electron chi connectivity index (χ1n) is 5.71. The van der Waals surface area contributed by atoms with Crippen LogP contribution in [0.15, 0.2) is 18.2 Å². The summed E-state index contributed by atoms with van der Waals surface area (Å²) in [4.78, 5) is 26.1. The molecular formula is C12H14N2O3S. The quantitative estimate of drug-likeness (QED) is 0.811. The van der Waals surface area contributed by atoms with E-state index in [-0.39, 0.29) is 11.6 Å². The molecule has 1 aromatic rings. The Morgan fingerprint density at radius 1 is 1.44 bits per heavy atom. The third kappa shape index (κ3) is 4.03. The van der Waals surface area contributed by atoms with Gasteiger partial charge < -0.3 is 10.4 Å². The van der Waals surface area contributed by atoms with Gasteiger partial charge in [-0.25, -0.2) is 9.78 Å². The number of amides is 1. The van der Waals surface area contributed by atoms with Crippen LogP contribution < -0.4 is 5.32 Å². The summed E-state index contributed by atoms with van der Waals surface area (Å²) in [6, 6.07) is 5.26. The zero-order valence-electron chi connectivity index (χ0n) is 9.76. The van der Waals surface area contributed by atoms with Gasteiger partial charge in [0.1, 0.15) is 5.69 Å². The summed E-state index contributed by atoms with van der Waals surface area (Å²) in [5.74, 6) is -0.0699. The van der Waals surface area contributed by atoms with Crippen molar-refractivity contribution < 1.29 is 14.7 Å². The van der Waals surface area contributed by atoms with E-state index >= 15 is 0 Å². The van der Waals surface area contributed by atoms with E-state index in [1.54, 1.807) is 12.1 Å². The molecule has 0 bridgehead atoms. The van der Waals surface area contributed by atoms with E-state index in [0.29, 0.717) is 23.2 Å². The molecule has 96 valence electrons. The van der Waals surface area contributed by atoms with Gasteiger partial charge >= 0.3 is 5.97 Å². The van der Waals surface area contributed by atoms with Crippen LogP contribution in [0.5, 0.6) is 0 Å². The summed E-state index contributed by atoms with van der Waals surface area (Å²) in [5, 5.41) is 11.7. The Hall–Kier alpha value is -1.56. The highest BCUT2D eigenvalue weighted by Crippen LogP contribution is 2.19. The van der Waals surface area contributed by atoms with Crippen LogP contribution >= 0.6 is 11.8 Å². The fourth-order valence-electron chi connectivity index (χ4n) is 1.42. The van der Waals surface area contributed by atoms with Gasteiger partial charge in [0.15, 0.2) is 0 Å². The molecule has 1 fully saturated rings. The summed E-state index contributed by atoms with van der Waals surface area (Å²) >= 11 is 1.44. The van der Waals surface area contributed by atoms with Crippen molar-refractivity contribution in [3.05, 3.63) is 29.6 Å². The number of carboxylic acid groups (broad SMARTS) is 1. The zero-order valence-corrected chi connectivity index (χ0v) is 10.6. The number of aromatic nitrogens is 1. The van der Waals surface area contributed by atoms with Gasteiger partial charge in [0.25, 0.3) is 0 Å². The highest BCUT2D eigenvalue weighted by Gasteiger charge is 2.22. The van der Waals surface area contributed by atoms with Crippen molar-refractivity contribution in [2.75, 3.05) is 5.75 Å². The standard InChI is InChI=1S/C12H14N2O3S/c15-11(14-8-4-5-8)7-18-6-9-2-1-3-10(13-9)12(16)17/h1-3,8H,4-7H2,(H,14,15)(H,16,17). The molecule has 0 aliphatic heterocycles. The zero-order chi connectivity index (χ0) is 13.0. The van der Waals surface area contributed by atoms with Crippen molar-refractivity contribution in [3.63, 3.8) is 0 Å². The molecule has 0 atom stereocenters. The number of carbonyl (C=O) groups is 2. The average Bonchev–Trinajstić information content (AvgIpc) is 3.13. The van der Waals surface area contributed by atoms with Gasteiger partial charge in [-0.3, -0.25) is 4.79 Å². The number of thioether (sulfide) groups is 1. The lowest BCUT2D eigenvalue weighted by atomic mass is 10.3. The molecule has 1 aliphatic carbocycles. The maximum atomic E-state index is 11.4. The number of hydrogen-bond acceptors (Lipinski definition) is 4. The Morgan fingerprint density at radius 3 is 2.89 bits per heavy atom. The minimum atomic E-state index is -1.03. The fourth-order valence-corrected chi connectivity index (χ4v) is 2.17. The van der Waals surface area contributed by atoms with Crippen LogP contribution in [0, 0.1) is 0 Å². The van der Waals surface area contributed by atoms with Crippen molar-refractivity contribution in [1.82, 2.24) is 10.3 Å². The summed E-state index contributed by atoms with van der Waals surface area (Å²) in [6.45, 7) is 0. The number of rotatable bonds is 6. The lowest BCUT2D eigenvalue weighted by molar-refractivity contribution is -0.118. The van der Waals surface area contributed by atoms with Crippen molar-refractivity contribution >= 4 is 23.6 Å². The van der Waals surface area contributed by atoms with E-state index in [9.17, 15) is 9.59 Å². The fraction of sp³-hybridized carbons (Fsp3) is 0.417. The smallest absolute Gasteiger partial charge is 0.354 e. The molecule has 0 radical (unpaired) electrons. The third-order valence-electron chi connectivity index (χ3n) is 2.45. The van der Waals surface area contributed by atoms with Crippen LogP contribution in [0.4, 0.5) is 0 Å². The lowest BCUT2D eigenvalue weighted by Gasteiger charge is -2.03. The Labute approximate surface area is 109 Å². The minimum absolute atomic E-state index is 0.0375. The number of nitrogens with one attached hydrogen (secondary N) is 1. The summed E-state index contributed by atoms with van der Waals surface area (Å²) in [6.07, 6.45) is 2.16. The molecule has 0 saturated heterocycles. The van der Waals surface area contributed by atoms with E-state index in [0.717, 1.165) is 12.8 Å². The number of pyridine rings is 1. The molecule has 1 amide bonds. The van der Waals surface area contributed by atoms with E-state index in [2.05, 4.69) is 10.3 Å². The second-order valence-corrected chi connectivity index (χ2v) is 5.14. The first kappa shape index (κ1) is 12.9. The van der Waals surface area contributed by atoms with Gasteiger partial charge in [0.05, 0.1) is 11.4 Å². The second kappa shape index (κ2) is 5.86. The van der Waals surface area contributed by atoms with E-state index < -0.39 is 5.97 Å². The van der Waals surface area contributed by atoms with Crippen molar-refractivity contribution in [3.8, 4) is 0 Å². The monoisotopic (exact) mass is 266 g/mol. The van der Waals surface area contributed by atoms with Crippen LogP contribution in [0.1, 0.15) is 29.0 Å². The van der Waals surface area contributed by atoms with Crippen LogP contribution in [-0.2, 0) is 10.5 Å². The number of aromatic carboxylic acids is 1. The summed E-state index contributed by atoms with van der Waals surface area (Å²) < 4.78 is 0. The predicted molar refractivity (Wildman–Crippen MR) is 68.5 cm³/mol. The number of carboxylic acids is 1. The van der Waals surface area contributed by atoms with Crippen molar-refractivity contribution in [1.29, 1.82) is 0 Å². The minimum Gasteiger partial charge on any atom is -0.477 e. The van der Waals surface area contributed by atoms with Gasteiger partial charge in [0.2, 0.25) is 5.91 Å². The van der Waals surface area contributed by atoms with Gasteiger partial charge in [-0.2, -0.15) is 0 Å². The van der Waals surface area contributed by atoms with E-state index in [1.807, 2.05) is 0 Å². The number of hydrogen-bond donors (Lipinski definition) is 2. The van der Waals surface area contributed by atoms with Crippen molar-refractivity contribution in [2.24, 2.45) is 0 Å². The Bertz CT molecular complexity index is 460. The van der Waals surface area contributed by atoms with Gasteiger partial charge in [0, 0.05) is 11.8 Å². The Morgan fingerprint density at radius 2 is 2.22 bits per heavy atom. The molecule has 6 heteroatoms. The number of carbonyl (C=O) groups excluding carboxylic acids is 1. The second-order valence-electron chi connectivity index (χ2n) is 4.15. The topological polar surface area (TPSA) is 79.3 Å². The molecule has 2 rings (SSSR count). The number of nitrogens with zero attached hydrogens (tertiary/aromatic N) is 1. The average molecular weight is 266 g/mol. The van der Waals surface area contributed by atoms with Gasteiger partial charge in [-0.15, -0.1) is 11.8 Å². The SMILES string of the molecule is O=C(CSCc1cccc(C(=O)O)n1)NC1CC1. The van der Waals surface area contributed by atoms with Gasteiger partial charge in [-0.1, -0.05) is 6.07 Å². The third-order valence-corrected chi connectivity index (χ3v) is 3.42. The molecule has 0 aromatic carbocycles. The van der Waals surface area contributed by atoms with Gasteiger partial charge in [-0.05, 0) is 25.0 Å². The molecule has 1 aliphatic rings.